The molecule has 0 bridgehead atoms. The minimum atomic E-state index is -0.0969. The molecule has 1 amide bonds. The Balaban J connectivity index is 1.29. The van der Waals surface area contributed by atoms with Crippen molar-refractivity contribution in [2.24, 2.45) is 0 Å². The zero-order valence-electron chi connectivity index (χ0n) is 18.6. The number of anilines is 1. The molecule has 0 atom stereocenters. The van der Waals surface area contributed by atoms with E-state index in [1.165, 1.54) is 22.9 Å². The third kappa shape index (κ3) is 5.64. The molecule has 1 saturated heterocycles. The van der Waals surface area contributed by atoms with Crippen molar-refractivity contribution in [1.82, 2.24) is 0 Å². The van der Waals surface area contributed by atoms with E-state index in [1.54, 1.807) is 4.90 Å². The highest BCUT2D eigenvalue weighted by Gasteiger charge is 2.33. The number of rotatable bonds is 8. The van der Waals surface area contributed by atoms with Crippen LogP contribution in [0.25, 0.3) is 6.08 Å². The van der Waals surface area contributed by atoms with E-state index >= 15 is 0 Å². The Kier molecular flexibility index (Phi) is 7.47. The molecule has 3 aromatic carbocycles. The Morgan fingerprint density at radius 2 is 1.64 bits per heavy atom. The Bertz CT molecular complexity index is 1170. The van der Waals surface area contributed by atoms with Crippen molar-refractivity contribution in [3.8, 4) is 11.5 Å². The molecule has 3 aromatic rings. The molecule has 0 saturated carbocycles. The zero-order chi connectivity index (χ0) is 23.2. The van der Waals surface area contributed by atoms with Crippen molar-refractivity contribution < 1.29 is 14.3 Å². The molecule has 1 aliphatic heterocycles. The molecular weight excluding hydrogens is 450 g/mol. The molecule has 1 fully saturated rings. The number of carbonyl (C=O) groups excluding carboxylic acids is 1. The number of hydrogen-bond donors (Lipinski definition) is 0. The standard InChI is InChI=1S/C27H25NO3S2/c1-19-8-6-11-24(20(19)2)31-17-7-16-30-23-14-12-21(13-15-23)18-25-26(29)28(27(32)33-25)22-9-4-3-5-10-22/h3-6,8-15,18H,7,16-17H2,1-2H3/b25-18+. The third-order valence-electron chi connectivity index (χ3n) is 5.36. The summed E-state index contributed by atoms with van der Waals surface area (Å²) in [6.07, 6.45) is 2.65. The van der Waals surface area contributed by atoms with Gasteiger partial charge in [0.1, 0.15) is 11.5 Å². The van der Waals surface area contributed by atoms with Crippen LogP contribution in [-0.2, 0) is 4.79 Å². The van der Waals surface area contributed by atoms with E-state index in [0.717, 1.165) is 29.2 Å². The highest BCUT2D eigenvalue weighted by Crippen LogP contribution is 2.36. The summed E-state index contributed by atoms with van der Waals surface area (Å²) in [6.45, 7) is 5.33. The van der Waals surface area contributed by atoms with Crippen LogP contribution in [0.3, 0.4) is 0 Å². The lowest BCUT2D eigenvalue weighted by Crippen LogP contribution is -2.27. The molecule has 4 rings (SSSR count). The Morgan fingerprint density at radius 3 is 2.39 bits per heavy atom. The van der Waals surface area contributed by atoms with E-state index in [2.05, 4.69) is 19.9 Å². The van der Waals surface area contributed by atoms with Crippen LogP contribution in [0.5, 0.6) is 11.5 Å². The molecular formula is C27H25NO3S2. The number of ether oxygens (including phenoxy) is 2. The fourth-order valence-electron chi connectivity index (χ4n) is 3.39. The molecule has 0 radical (unpaired) electrons. The lowest BCUT2D eigenvalue weighted by molar-refractivity contribution is -0.113. The Labute approximate surface area is 204 Å². The van der Waals surface area contributed by atoms with Gasteiger partial charge >= 0.3 is 0 Å². The second-order valence-electron chi connectivity index (χ2n) is 7.67. The summed E-state index contributed by atoms with van der Waals surface area (Å²) in [5, 5.41) is 0. The van der Waals surface area contributed by atoms with E-state index in [4.69, 9.17) is 21.7 Å². The Morgan fingerprint density at radius 1 is 0.909 bits per heavy atom. The van der Waals surface area contributed by atoms with Crippen molar-refractivity contribution >= 4 is 46.0 Å². The quantitative estimate of drug-likeness (QED) is 0.210. The lowest BCUT2D eigenvalue weighted by atomic mass is 10.1. The van der Waals surface area contributed by atoms with Gasteiger partial charge in [-0.25, -0.2) is 0 Å². The molecule has 1 heterocycles. The van der Waals surface area contributed by atoms with Gasteiger partial charge in [-0.15, -0.1) is 0 Å². The van der Waals surface area contributed by atoms with Gasteiger partial charge < -0.3 is 9.47 Å². The van der Waals surface area contributed by atoms with Gasteiger partial charge in [-0.3, -0.25) is 9.69 Å². The summed E-state index contributed by atoms with van der Waals surface area (Å²) in [5.74, 6) is 1.62. The van der Waals surface area contributed by atoms with Gasteiger partial charge in [0.15, 0.2) is 4.32 Å². The van der Waals surface area contributed by atoms with E-state index in [0.29, 0.717) is 22.4 Å². The summed E-state index contributed by atoms with van der Waals surface area (Å²) >= 11 is 6.74. The van der Waals surface area contributed by atoms with E-state index in [-0.39, 0.29) is 5.91 Å². The molecule has 168 valence electrons. The number of benzene rings is 3. The predicted octanol–water partition coefficient (Wildman–Crippen LogP) is 6.56. The molecule has 6 heteroatoms. The number of amides is 1. The third-order valence-corrected chi connectivity index (χ3v) is 6.66. The summed E-state index contributed by atoms with van der Waals surface area (Å²) in [6, 6.07) is 23.3. The second kappa shape index (κ2) is 10.7. The van der Waals surface area contributed by atoms with Crippen LogP contribution in [0.1, 0.15) is 23.1 Å². The first kappa shape index (κ1) is 23.1. The summed E-state index contributed by atoms with van der Waals surface area (Å²) in [7, 11) is 0. The van der Waals surface area contributed by atoms with Crippen LogP contribution in [0.4, 0.5) is 5.69 Å². The fraction of sp³-hybridized carbons (Fsp3) is 0.185. The van der Waals surface area contributed by atoms with Gasteiger partial charge in [0.2, 0.25) is 0 Å². The molecule has 0 spiro atoms. The fourth-order valence-corrected chi connectivity index (χ4v) is 4.69. The number of aryl methyl sites for hydroxylation is 1. The zero-order valence-corrected chi connectivity index (χ0v) is 20.2. The first-order valence-corrected chi connectivity index (χ1v) is 12.0. The van der Waals surface area contributed by atoms with Crippen LogP contribution < -0.4 is 14.4 Å². The van der Waals surface area contributed by atoms with E-state index in [1.807, 2.05) is 72.8 Å². The first-order valence-electron chi connectivity index (χ1n) is 10.8. The van der Waals surface area contributed by atoms with Gasteiger partial charge in [-0.2, -0.15) is 0 Å². The largest absolute Gasteiger partial charge is 0.493 e. The highest BCUT2D eigenvalue weighted by atomic mass is 32.2. The predicted molar refractivity (Wildman–Crippen MR) is 140 cm³/mol. The maximum atomic E-state index is 12.8. The minimum absolute atomic E-state index is 0.0969. The first-order chi connectivity index (χ1) is 16.0. The summed E-state index contributed by atoms with van der Waals surface area (Å²) < 4.78 is 12.2. The van der Waals surface area contributed by atoms with Crippen molar-refractivity contribution in [1.29, 1.82) is 0 Å². The smallest absolute Gasteiger partial charge is 0.270 e. The van der Waals surface area contributed by atoms with Gasteiger partial charge in [-0.1, -0.05) is 66.4 Å². The number of hydrogen-bond acceptors (Lipinski definition) is 5. The second-order valence-corrected chi connectivity index (χ2v) is 9.35. The summed E-state index contributed by atoms with van der Waals surface area (Å²) in [4.78, 5) is 15.0. The summed E-state index contributed by atoms with van der Waals surface area (Å²) in [5.41, 5.74) is 4.11. The molecule has 0 N–H and O–H groups in total. The van der Waals surface area contributed by atoms with Gasteiger partial charge in [0.05, 0.1) is 23.8 Å². The van der Waals surface area contributed by atoms with Crippen LogP contribution >= 0.6 is 24.0 Å². The van der Waals surface area contributed by atoms with Gasteiger partial charge in [-0.05, 0) is 66.9 Å². The number of para-hydroxylation sites is 1. The Hall–Kier alpha value is -3.09. The van der Waals surface area contributed by atoms with Crippen LogP contribution in [0, 0.1) is 13.8 Å². The maximum absolute atomic E-state index is 12.8. The van der Waals surface area contributed by atoms with Crippen LogP contribution in [-0.4, -0.2) is 23.4 Å². The molecule has 0 aromatic heterocycles. The normalized spacial score (nSPS) is 14.7. The molecule has 4 nitrogen and oxygen atoms in total. The molecule has 0 aliphatic carbocycles. The molecule has 0 unspecified atom stereocenters. The molecule has 33 heavy (non-hydrogen) atoms. The van der Waals surface area contributed by atoms with Crippen molar-refractivity contribution in [3.63, 3.8) is 0 Å². The van der Waals surface area contributed by atoms with E-state index in [9.17, 15) is 4.79 Å². The van der Waals surface area contributed by atoms with E-state index < -0.39 is 0 Å². The van der Waals surface area contributed by atoms with Gasteiger partial charge in [0, 0.05) is 6.42 Å². The van der Waals surface area contributed by atoms with Crippen LogP contribution in [0.2, 0.25) is 0 Å². The average Bonchev–Trinajstić information content (AvgIpc) is 3.10. The van der Waals surface area contributed by atoms with Crippen molar-refractivity contribution in [2.75, 3.05) is 18.1 Å². The SMILES string of the molecule is Cc1cccc(OCCCOc2ccc(/C=C3/SC(=S)N(c4ccccc4)C3=O)cc2)c1C. The minimum Gasteiger partial charge on any atom is -0.493 e. The van der Waals surface area contributed by atoms with Crippen LogP contribution in [0.15, 0.2) is 77.7 Å². The maximum Gasteiger partial charge on any atom is 0.270 e. The number of thiocarbonyl (C=S) groups is 1. The highest BCUT2D eigenvalue weighted by molar-refractivity contribution is 8.27. The topological polar surface area (TPSA) is 38.8 Å². The molecule has 1 aliphatic rings. The number of thioether (sulfide) groups is 1. The van der Waals surface area contributed by atoms with Crippen molar-refractivity contribution in [2.45, 2.75) is 20.3 Å². The lowest BCUT2D eigenvalue weighted by Gasteiger charge is -2.13. The number of nitrogens with zero attached hydrogens (tertiary/aromatic N) is 1. The van der Waals surface area contributed by atoms with Crippen molar-refractivity contribution in [3.05, 3.63) is 94.4 Å². The number of carbonyl (C=O) groups is 1. The average molecular weight is 476 g/mol. The van der Waals surface area contributed by atoms with Gasteiger partial charge in [0.25, 0.3) is 5.91 Å². The monoisotopic (exact) mass is 475 g/mol.